The highest BCUT2D eigenvalue weighted by atomic mass is 19.1. The van der Waals surface area contributed by atoms with Crippen molar-refractivity contribution in [3.63, 3.8) is 0 Å². The van der Waals surface area contributed by atoms with E-state index in [0.29, 0.717) is 24.8 Å². The second-order valence-electron chi connectivity index (χ2n) is 8.91. The second-order valence-corrected chi connectivity index (χ2v) is 8.91. The van der Waals surface area contributed by atoms with E-state index in [1.54, 1.807) is 13.8 Å². The molecule has 2 aliphatic rings. The Morgan fingerprint density at radius 2 is 1.97 bits per heavy atom. The summed E-state index contributed by atoms with van der Waals surface area (Å²) in [5.74, 6) is -4.86. The van der Waals surface area contributed by atoms with Gasteiger partial charge in [-0.25, -0.2) is 4.39 Å². The van der Waals surface area contributed by atoms with Crippen molar-refractivity contribution in [2.45, 2.75) is 51.2 Å². The van der Waals surface area contributed by atoms with Crippen LogP contribution in [-0.2, 0) is 19.2 Å². The molecule has 1 aliphatic heterocycles. The lowest BCUT2D eigenvalue weighted by molar-refractivity contribution is -0.142. The van der Waals surface area contributed by atoms with Crippen LogP contribution in [0.2, 0.25) is 0 Å². The minimum Gasteiger partial charge on any atom is -0.494 e. The minimum atomic E-state index is -1.25. The summed E-state index contributed by atoms with van der Waals surface area (Å²) >= 11 is 0. The van der Waals surface area contributed by atoms with Gasteiger partial charge in [0.25, 0.3) is 5.91 Å². The lowest BCUT2D eigenvalue weighted by Gasteiger charge is -2.34. The monoisotopic (exact) mass is 489 g/mol. The summed E-state index contributed by atoms with van der Waals surface area (Å²) in [5, 5.41) is 13.9. The first-order valence-electron chi connectivity index (χ1n) is 11.2. The number of rotatable bonds is 10. The number of nitrogens with zero attached hydrogens (tertiary/aromatic N) is 1. The molecule has 10 nitrogen and oxygen atoms in total. The highest BCUT2D eigenvalue weighted by molar-refractivity contribution is 6.00. The number of carbonyl (C=O) groups is 5. The lowest BCUT2D eigenvalue weighted by Crippen LogP contribution is -2.57. The van der Waals surface area contributed by atoms with E-state index in [-0.39, 0.29) is 17.2 Å². The van der Waals surface area contributed by atoms with Gasteiger partial charge in [-0.05, 0) is 36.8 Å². The highest BCUT2D eigenvalue weighted by Gasteiger charge is 2.49. The molecule has 3 rings (SSSR count). The summed E-state index contributed by atoms with van der Waals surface area (Å²) in [6.45, 7) is 3.41. The number of halogens is 1. The van der Waals surface area contributed by atoms with E-state index in [4.69, 9.17) is 9.84 Å². The molecule has 1 heterocycles. The van der Waals surface area contributed by atoms with Crippen molar-refractivity contribution < 1.29 is 38.2 Å². The van der Waals surface area contributed by atoms with Gasteiger partial charge in [0.1, 0.15) is 18.4 Å². The van der Waals surface area contributed by atoms with Crippen molar-refractivity contribution in [2.75, 3.05) is 7.11 Å². The smallest absolute Gasteiger partial charge is 0.305 e. The molecule has 1 saturated heterocycles. The Bertz CT molecular complexity index is 1070. The summed E-state index contributed by atoms with van der Waals surface area (Å²) in [6, 6.07) is 0.823. The summed E-state index contributed by atoms with van der Waals surface area (Å²) in [6.07, 6.45) is 2.60. The number of hydrogen-bond acceptors (Lipinski definition) is 6. The predicted molar refractivity (Wildman–Crippen MR) is 121 cm³/mol. The molecule has 0 saturated carbocycles. The third-order valence-electron chi connectivity index (χ3n) is 6.20. The fraction of sp³-hybridized carbons (Fsp3) is 0.458. The first-order chi connectivity index (χ1) is 16.6. The van der Waals surface area contributed by atoms with Gasteiger partial charge >= 0.3 is 5.97 Å². The molecule has 3 amide bonds. The fourth-order valence-electron chi connectivity index (χ4n) is 4.47. The average Bonchev–Trinajstić information content (AvgIpc) is 3.43. The second kappa shape index (κ2) is 10.7. The maximum atomic E-state index is 14.6. The number of aldehydes is 1. The zero-order valence-corrected chi connectivity index (χ0v) is 19.6. The number of ether oxygens (including phenoxy) is 1. The van der Waals surface area contributed by atoms with E-state index in [1.807, 2.05) is 6.08 Å². The van der Waals surface area contributed by atoms with Crippen molar-refractivity contribution in [3.8, 4) is 5.75 Å². The first-order valence-corrected chi connectivity index (χ1v) is 11.2. The number of benzene rings is 1. The minimum absolute atomic E-state index is 0.116. The Labute approximate surface area is 201 Å². The number of hydrogen-bond donors (Lipinski definition) is 3. The molecule has 3 unspecified atom stereocenters. The van der Waals surface area contributed by atoms with Crippen LogP contribution < -0.4 is 15.4 Å². The van der Waals surface area contributed by atoms with Crippen molar-refractivity contribution in [3.05, 3.63) is 41.4 Å². The number of likely N-dealkylation sites (tertiary alicyclic amines) is 1. The molecule has 0 aromatic heterocycles. The van der Waals surface area contributed by atoms with Gasteiger partial charge in [0.05, 0.1) is 25.1 Å². The van der Waals surface area contributed by atoms with Crippen LogP contribution in [-0.4, -0.2) is 65.2 Å². The van der Waals surface area contributed by atoms with Gasteiger partial charge in [-0.3, -0.25) is 19.2 Å². The van der Waals surface area contributed by atoms with Crippen LogP contribution >= 0.6 is 0 Å². The molecule has 4 atom stereocenters. The Balaban J connectivity index is 1.83. The van der Waals surface area contributed by atoms with Gasteiger partial charge in [-0.2, -0.15) is 0 Å². The molecule has 0 radical (unpaired) electrons. The molecule has 1 fully saturated rings. The molecule has 11 heteroatoms. The molecule has 35 heavy (non-hydrogen) atoms. The summed E-state index contributed by atoms with van der Waals surface area (Å²) in [5.41, 5.74) is 0.329. The predicted octanol–water partition coefficient (Wildman–Crippen LogP) is 1.25. The maximum Gasteiger partial charge on any atom is 0.305 e. The number of carbonyl (C=O) groups excluding carboxylic acids is 4. The van der Waals surface area contributed by atoms with Crippen molar-refractivity contribution in [2.24, 2.45) is 11.8 Å². The number of methoxy groups -OCH3 is 1. The number of carboxylic acids is 1. The zero-order valence-electron chi connectivity index (χ0n) is 19.6. The van der Waals surface area contributed by atoms with Gasteiger partial charge in [0.15, 0.2) is 11.6 Å². The largest absolute Gasteiger partial charge is 0.494 e. The summed E-state index contributed by atoms with van der Waals surface area (Å²) < 4.78 is 19.5. The molecule has 188 valence electrons. The molecule has 3 N–H and O–H groups in total. The SMILES string of the molecule is COc1cccc(C(=O)NC(C(=O)N2C3=CCC(C3)[C@H]2C(=O)NC(C=O)CC(=O)O)C(C)C)c1F. The Hall–Kier alpha value is -3.76. The van der Waals surface area contributed by atoms with E-state index in [0.717, 1.165) is 0 Å². The van der Waals surface area contributed by atoms with Crippen molar-refractivity contribution in [1.82, 2.24) is 15.5 Å². The fourth-order valence-corrected chi connectivity index (χ4v) is 4.47. The third-order valence-corrected chi connectivity index (χ3v) is 6.20. The van der Waals surface area contributed by atoms with Crippen LogP contribution in [0.3, 0.4) is 0 Å². The zero-order chi connectivity index (χ0) is 25.9. The quantitative estimate of drug-likeness (QED) is 0.420. The average molecular weight is 490 g/mol. The number of allylic oxidation sites excluding steroid dienone is 2. The Morgan fingerprint density at radius 3 is 2.57 bits per heavy atom. The van der Waals surface area contributed by atoms with Crippen molar-refractivity contribution >= 4 is 30.0 Å². The van der Waals surface area contributed by atoms with Crippen LogP contribution in [0.1, 0.15) is 43.5 Å². The molecule has 1 aliphatic carbocycles. The molecule has 2 bridgehead atoms. The van der Waals surface area contributed by atoms with E-state index in [1.165, 1.54) is 30.2 Å². The lowest BCUT2D eigenvalue weighted by atomic mass is 9.95. The molecule has 1 aromatic carbocycles. The number of amides is 3. The van der Waals surface area contributed by atoms with Gasteiger partial charge < -0.3 is 30.2 Å². The van der Waals surface area contributed by atoms with E-state index in [9.17, 15) is 28.4 Å². The van der Waals surface area contributed by atoms with Crippen LogP contribution in [0, 0.1) is 17.7 Å². The van der Waals surface area contributed by atoms with E-state index >= 15 is 0 Å². The maximum absolute atomic E-state index is 14.6. The Kier molecular flexibility index (Phi) is 7.88. The highest BCUT2D eigenvalue weighted by Crippen LogP contribution is 2.42. The van der Waals surface area contributed by atoms with Crippen LogP contribution in [0.25, 0.3) is 0 Å². The number of fused-ring (bicyclic) bond motifs is 2. The Morgan fingerprint density at radius 1 is 1.26 bits per heavy atom. The summed E-state index contributed by atoms with van der Waals surface area (Å²) in [4.78, 5) is 63.0. The van der Waals surface area contributed by atoms with Crippen LogP contribution in [0.5, 0.6) is 5.75 Å². The third kappa shape index (κ3) is 5.33. The standard InChI is InChI=1S/C24H28FN3O7/c1-12(2)20(27-22(32)16-5-4-6-17(35-3)19(16)25)24(34)28-15-8-7-13(9-15)21(28)23(33)26-14(11-29)10-18(30)31/h4-6,8,11-14,20-21H,7,9-10H2,1-3H3,(H,26,33)(H,27,32)(H,30,31)/t13?,14?,20?,21-/m0/s1. The topological polar surface area (TPSA) is 142 Å². The van der Waals surface area contributed by atoms with Crippen LogP contribution in [0.15, 0.2) is 30.0 Å². The number of carboxylic acid groups (broad SMARTS) is 1. The summed E-state index contributed by atoms with van der Waals surface area (Å²) in [7, 11) is 1.27. The number of aliphatic carboxylic acids is 1. The van der Waals surface area contributed by atoms with E-state index < -0.39 is 60.0 Å². The normalized spacial score (nSPS) is 20.1. The van der Waals surface area contributed by atoms with Gasteiger partial charge in [-0.15, -0.1) is 0 Å². The van der Waals surface area contributed by atoms with Gasteiger partial charge in [0, 0.05) is 5.70 Å². The molecular formula is C24H28FN3O7. The number of nitrogens with one attached hydrogen (secondary N) is 2. The van der Waals surface area contributed by atoms with Crippen molar-refractivity contribution in [1.29, 1.82) is 0 Å². The molecule has 0 spiro atoms. The molecular weight excluding hydrogens is 461 g/mol. The van der Waals surface area contributed by atoms with E-state index in [2.05, 4.69) is 10.6 Å². The van der Waals surface area contributed by atoms with Crippen LogP contribution in [0.4, 0.5) is 4.39 Å². The first kappa shape index (κ1) is 25.9. The van der Waals surface area contributed by atoms with Gasteiger partial charge in [0.2, 0.25) is 11.8 Å². The molecule has 1 aromatic rings. The van der Waals surface area contributed by atoms with Gasteiger partial charge in [-0.1, -0.05) is 26.0 Å².